The minimum atomic E-state index is -1.80. The summed E-state index contributed by atoms with van der Waals surface area (Å²) >= 11 is 0. The van der Waals surface area contributed by atoms with Crippen LogP contribution in [0.2, 0.25) is 18.1 Å². The third-order valence-corrected chi connectivity index (χ3v) is 11.3. The SMILES string of the molecule is CC(C)(C)[Si](C)(C)O[C@H]1CCCO[C@@H]1CC1=CC[C@]2(C)OCCC[C@H]2O1. The highest BCUT2D eigenvalue weighted by Crippen LogP contribution is 2.41. The predicted molar refractivity (Wildman–Crippen MR) is 107 cm³/mol. The summed E-state index contributed by atoms with van der Waals surface area (Å²) in [6.07, 6.45) is 8.82. The number of fused-ring (bicyclic) bond motifs is 1. The van der Waals surface area contributed by atoms with Crippen molar-refractivity contribution in [2.24, 2.45) is 0 Å². The van der Waals surface area contributed by atoms with E-state index >= 15 is 0 Å². The Balaban J connectivity index is 1.65. The molecule has 4 atom stereocenters. The van der Waals surface area contributed by atoms with Gasteiger partial charge in [0.1, 0.15) is 11.7 Å². The zero-order valence-electron chi connectivity index (χ0n) is 17.6. The second-order valence-electron chi connectivity index (χ2n) is 9.96. The van der Waals surface area contributed by atoms with Gasteiger partial charge in [-0.15, -0.1) is 0 Å². The monoisotopic (exact) mass is 382 g/mol. The van der Waals surface area contributed by atoms with Gasteiger partial charge < -0.3 is 18.6 Å². The first-order valence-corrected chi connectivity index (χ1v) is 13.3. The molecule has 3 heterocycles. The Hall–Kier alpha value is -0.363. The van der Waals surface area contributed by atoms with Crippen molar-refractivity contribution in [3.8, 4) is 0 Å². The molecule has 3 aliphatic rings. The van der Waals surface area contributed by atoms with E-state index in [9.17, 15) is 0 Å². The van der Waals surface area contributed by atoms with E-state index < -0.39 is 8.32 Å². The highest BCUT2D eigenvalue weighted by molar-refractivity contribution is 6.74. The molecule has 0 aromatic carbocycles. The van der Waals surface area contributed by atoms with Gasteiger partial charge in [-0.1, -0.05) is 20.8 Å². The average Bonchev–Trinajstić information content (AvgIpc) is 2.55. The molecule has 150 valence electrons. The molecule has 3 aliphatic heterocycles. The van der Waals surface area contributed by atoms with Crippen LogP contribution in [-0.4, -0.2) is 45.4 Å². The smallest absolute Gasteiger partial charge is 0.192 e. The molecule has 0 saturated carbocycles. The van der Waals surface area contributed by atoms with Gasteiger partial charge in [0.25, 0.3) is 0 Å². The molecule has 0 aromatic heterocycles. The molecule has 0 spiro atoms. The lowest BCUT2D eigenvalue weighted by molar-refractivity contribution is -0.163. The summed E-state index contributed by atoms with van der Waals surface area (Å²) in [5, 5.41) is 0.219. The molecule has 0 amide bonds. The Morgan fingerprint density at radius 2 is 1.92 bits per heavy atom. The highest BCUT2D eigenvalue weighted by Gasteiger charge is 2.44. The van der Waals surface area contributed by atoms with E-state index in [0.29, 0.717) is 0 Å². The first-order chi connectivity index (χ1) is 12.1. The van der Waals surface area contributed by atoms with Gasteiger partial charge in [-0.2, -0.15) is 0 Å². The highest BCUT2D eigenvalue weighted by atomic mass is 28.4. The number of ether oxygens (including phenoxy) is 3. The van der Waals surface area contributed by atoms with Crippen LogP contribution in [-0.2, 0) is 18.6 Å². The van der Waals surface area contributed by atoms with E-state index in [4.69, 9.17) is 18.6 Å². The standard InChI is InChI=1S/C21H38O4Si/c1-20(2,3)26(5,6)25-17-9-7-13-22-18(17)15-16-11-12-21(4)19(24-16)10-8-14-23-21/h11,17-19H,7-10,12-15H2,1-6H3/t17-,18+,19+,21-/m0/s1. The lowest BCUT2D eigenvalue weighted by Gasteiger charge is -2.45. The second kappa shape index (κ2) is 7.57. The second-order valence-corrected chi connectivity index (χ2v) is 14.7. The van der Waals surface area contributed by atoms with Crippen molar-refractivity contribution in [2.75, 3.05) is 13.2 Å². The third-order valence-electron chi connectivity index (χ3n) is 6.79. The van der Waals surface area contributed by atoms with Crippen LogP contribution < -0.4 is 0 Å². The largest absolute Gasteiger partial charge is 0.492 e. The Morgan fingerprint density at radius 1 is 1.19 bits per heavy atom. The summed E-state index contributed by atoms with van der Waals surface area (Å²) in [5.41, 5.74) is -0.147. The fraction of sp³-hybridized carbons (Fsp3) is 0.905. The van der Waals surface area contributed by atoms with Crippen LogP contribution in [0.4, 0.5) is 0 Å². The summed E-state index contributed by atoms with van der Waals surface area (Å²) < 4.78 is 25.3. The molecule has 2 saturated heterocycles. The first kappa shape index (κ1) is 20.4. The van der Waals surface area contributed by atoms with Crippen LogP contribution >= 0.6 is 0 Å². The van der Waals surface area contributed by atoms with Crippen LogP contribution in [0.15, 0.2) is 11.8 Å². The maximum Gasteiger partial charge on any atom is 0.192 e. The van der Waals surface area contributed by atoms with Crippen LogP contribution in [0.5, 0.6) is 0 Å². The Morgan fingerprint density at radius 3 is 2.65 bits per heavy atom. The van der Waals surface area contributed by atoms with E-state index in [0.717, 1.165) is 57.5 Å². The van der Waals surface area contributed by atoms with Gasteiger partial charge in [0, 0.05) is 26.1 Å². The van der Waals surface area contributed by atoms with Gasteiger partial charge in [-0.05, 0) is 56.8 Å². The topological polar surface area (TPSA) is 36.9 Å². The van der Waals surface area contributed by atoms with Crippen LogP contribution in [0.3, 0.4) is 0 Å². The maximum absolute atomic E-state index is 6.73. The fourth-order valence-corrected chi connectivity index (χ4v) is 5.30. The number of hydrogen-bond acceptors (Lipinski definition) is 4. The summed E-state index contributed by atoms with van der Waals surface area (Å²) in [4.78, 5) is 0. The molecule has 2 fully saturated rings. The van der Waals surface area contributed by atoms with Gasteiger partial charge in [-0.25, -0.2) is 0 Å². The number of rotatable bonds is 4. The Kier molecular flexibility index (Phi) is 5.93. The molecule has 0 radical (unpaired) electrons. The van der Waals surface area contributed by atoms with Crippen molar-refractivity contribution < 1.29 is 18.6 Å². The molecule has 0 unspecified atom stereocenters. The summed E-state index contributed by atoms with van der Waals surface area (Å²) in [6.45, 7) is 15.4. The van der Waals surface area contributed by atoms with E-state index in [2.05, 4.69) is 46.9 Å². The molecule has 5 heteroatoms. The van der Waals surface area contributed by atoms with Crippen molar-refractivity contribution in [1.82, 2.24) is 0 Å². The van der Waals surface area contributed by atoms with Crippen molar-refractivity contribution in [2.45, 2.75) is 108 Å². The van der Waals surface area contributed by atoms with Gasteiger partial charge in [-0.3, -0.25) is 0 Å². The van der Waals surface area contributed by atoms with Gasteiger partial charge in [0.15, 0.2) is 8.32 Å². The van der Waals surface area contributed by atoms with Gasteiger partial charge in [0.05, 0.1) is 18.0 Å². The zero-order chi connectivity index (χ0) is 19.0. The van der Waals surface area contributed by atoms with Gasteiger partial charge >= 0.3 is 0 Å². The van der Waals surface area contributed by atoms with E-state index in [1.165, 1.54) is 0 Å². The minimum Gasteiger partial charge on any atom is -0.492 e. The normalized spacial score (nSPS) is 36.1. The van der Waals surface area contributed by atoms with Crippen molar-refractivity contribution in [3.05, 3.63) is 11.8 Å². The third kappa shape index (κ3) is 4.37. The fourth-order valence-electron chi connectivity index (χ4n) is 3.92. The van der Waals surface area contributed by atoms with Crippen LogP contribution in [0.1, 0.15) is 66.2 Å². The predicted octanol–water partition coefficient (Wildman–Crippen LogP) is 5.19. The summed E-state index contributed by atoms with van der Waals surface area (Å²) in [6, 6.07) is 0. The summed E-state index contributed by atoms with van der Waals surface area (Å²) in [5.74, 6) is 1.08. The van der Waals surface area contributed by atoms with E-state index in [-0.39, 0.29) is 29.0 Å². The van der Waals surface area contributed by atoms with E-state index in [1.54, 1.807) is 0 Å². The lowest BCUT2D eigenvalue weighted by atomic mass is 9.86. The van der Waals surface area contributed by atoms with E-state index in [1.807, 2.05) is 0 Å². The molecule has 0 N–H and O–H groups in total. The molecular weight excluding hydrogens is 344 g/mol. The zero-order valence-corrected chi connectivity index (χ0v) is 18.6. The molecule has 0 aliphatic carbocycles. The number of hydrogen-bond donors (Lipinski definition) is 0. The van der Waals surface area contributed by atoms with Crippen LogP contribution in [0, 0.1) is 0 Å². The van der Waals surface area contributed by atoms with Crippen molar-refractivity contribution >= 4 is 8.32 Å². The molecule has 3 rings (SSSR count). The molecule has 0 aromatic rings. The van der Waals surface area contributed by atoms with Gasteiger partial charge in [0.2, 0.25) is 0 Å². The van der Waals surface area contributed by atoms with Crippen molar-refractivity contribution in [3.63, 3.8) is 0 Å². The lowest BCUT2D eigenvalue weighted by Crippen LogP contribution is -2.50. The first-order valence-electron chi connectivity index (χ1n) is 10.4. The quantitative estimate of drug-likeness (QED) is 0.627. The molecule has 26 heavy (non-hydrogen) atoms. The Labute approximate surface area is 160 Å². The molecular formula is C21H38O4Si. The van der Waals surface area contributed by atoms with Crippen molar-refractivity contribution in [1.29, 1.82) is 0 Å². The molecule has 4 nitrogen and oxygen atoms in total. The summed E-state index contributed by atoms with van der Waals surface area (Å²) in [7, 11) is -1.80. The minimum absolute atomic E-state index is 0.109. The average molecular weight is 383 g/mol. The Bertz CT molecular complexity index is 525. The maximum atomic E-state index is 6.73. The molecule has 0 bridgehead atoms. The van der Waals surface area contributed by atoms with Crippen LogP contribution in [0.25, 0.3) is 0 Å².